The van der Waals surface area contributed by atoms with Crippen LogP contribution in [0.25, 0.3) is 0 Å². The molecule has 0 fully saturated rings. The second-order valence-electron chi connectivity index (χ2n) is 4.11. The van der Waals surface area contributed by atoms with E-state index in [2.05, 4.69) is 33.2 Å². The van der Waals surface area contributed by atoms with Gasteiger partial charge in [-0.25, -0.2) is 0 Å². The molecule has 98 valence electrons. The van der Waals surface area contributed by atoms with Gasteiger partial charge in [-0.1, -0.05) is 18.7 Å². The van der Waals surface area contributed by atoms with Crippen molar-refractivity contribution in [2.45, 2.75) is 25.8 Å². The quantitative estimate of drug-likeness (QED) is 0.905. The van der Waals surface area contributed by atoms with Crippen LogP contribution in [0.5, 0.6) is 5.75 Å². The monoisotopic (exact) mass is 328 g/mol. The number of nitrogens with one attached hydrogen (secondary N) is 1. The fourth-order valence-corrected chi connectivity index (χ4v) is 3.19. The number of nitrogens with zero attached hydrogens (tertiary/aromatic N) is 1. The Morgan fingerprint density at radius 3 is 3.11 bits per heavy atom. The van der Waals surface area contributed by atoms with E-state index in [9.17, 15) is 0 Å². The first kappa shape index (κ1) is 13.7. The zero-order valence-corrected chi connectivity index (χ0v) is 13.0. The molecule has 0 saturated heterocycles. The summed E-state index contributed by atoms with van der Waals surface area (Å²) in [6.45, 7) is 2.18. The van der Waals surface area contributed by atoms with Crippen molar-refractivity contribution in [2.75, 3.05) is 18.2 Å². The fourth-order valence-electron chi connectivity index (χ4n) is 1.78. The molecule has 0 saturated carbocycles. The van der Waals surface area contributed by atoms with E-state index in [1.165, 1.54) is 6.42 Å². The first-order valence-corrected chi connectivity index (χ1v) is 7.82. The Balaban J connectivity index is 2.11. The van der Waals surface area contributed by atoms with Gasteiger partial charge < -0.3 is 10.1 Å². The van der Waals surface area contributed by atoms with Crippen molar-refractivity contribution < 1.29 is 4.74 Å². The summed E-state index contributed by atoms with van der Waals surface area (Å²) in [5, 5.41) is 4.37. The predicted octanol–water partition coefficient (Wildman–Crippen LogP) is 4.14. The van der Waals surface area contributed by atoms with Crippen LogP contribution in [0.1, 0.15) is 19.8 Å². The van der Waals surface area contributed by atoms with E-state index < -0.39 is 0 Å². The summed E-state index contributed by atoms with van der Waals surface area (Å²) in [6.07, 6.45) is 2.28. The minimum atomic E-state index is 0.464. The molecule has 1 N–H and O–H groups in total. The van der Waals surface area contributed by atoms with Crippen LogP contribution in [-0.4, -0.2) is 24.1 Å². The van der Waals surface area contributed by atoms with Crippen molar-refractivity contribution in [2.24, 2.45) is 4.99 Å². The summed E-state index contributed by atoms with van der Waals surface area (Å²) in [4.78, 5) is 4.69. The van der Waals surface area contributed by atoms with Crippen LogP contribution in [0.4, 0.5) is 5.69 Å². The van der Waals surface area contributed by atoms with Gasteiger partial charge in [-0.2, -0.15) is 0 Å². The van der Waals surface area contributed by atoms with E-state index >= 15 is 0 Å². The van der Waals surface area contributed by atoms with E-state index in [0.29, 0.717) is 6.04 Å². The summed E-state index contributed by atoms with van der Waals surface area (Å²) < 4.78 is 6.24. The first-order chi connectivity index (χ1) is 8.72. The second kappa shape index (κ2) is 6.48. The lowest BCUT2D eigenvalue weighted by molar-refractivity contribution is 0.412. The Morgan fingerprint density at radius 2 is 2.39 bits per heavy atom. The van der Waals surface area contributed by atoms with Crippen LogP contribution < -0.4 is 10.1 Å². The molecule has 3 nitrogen and oxygen atoms in total. The first-order valence-electron chi connectivity index (χ1n) is 6.04. The highest BCUT2D eigenvalue weighted by molar-refractivity contribution is 9.10. The van der Waals surface area contributed by atoms with Gasteiger partial charge in [0.25, 0.3) is 0 Å². The molecule has 5 heteroatoms. The molecule has 0 radical (unpaired) electrons. The summed E-state index contributed by atoms with van der Waals surface area (Å²) >= 11 is 5.23. The number of rotatable bonds is 3. The number of anilines is 1. The largest absolute Gasteiger partial charge is 0.495 e. The molecule has 0 bridgehead atoms. The third-order valence-corrected chi connectivity index (χ3v) is 4.44. The zero-order chi connectivity index (χ0) is 13.0. The topological polar surface area (TPSA) is 33.6 Å². The minimum Gasteiger partial charge on any atom is -0.495 e. The van der Waals surface area contributed by atoms with E-state index in [0.717, 1.165) is 33.3 Å². The maximum atomic E-state index is 5.28. The highest BCUT2D eigenvalue weighted by Gasteiger charge is 2.14. The average Bonchev–Trinajstić information content (AvgIpc) is 2.41. The lowest BCUT2D eigenvalue weighted by Crippen LogP contribution is -2.19. The Kier molecular flexibility index (Phi) is 4.95. The minimum absolute atomic E-state index is 0.464. The number of benzene rings is 1. The maximum absolute atomic E-state index is 5.28. The zero-order valence-electron chi connectivity index (χ0n) is 10.6. The number of amidine groups is 1. The molecule has 1 aliphatic rings. The van der Waals surface area contributed by atoms with Gasteiger partial charge in [-0.05, 0) is 40.9 Å². The molecule has 1 unspecified atom stereocenters. The van der Waals surface area contributed by atoms with Gasteiger partial charge in [-0.15, -0.1) is 0 Å². The summed E-state index contributed by atoms with van der Waals surface area (Å²) in [5.74, 6) is 1.96. The predicted molar refractivity (Wildman–Crippen MR) is 82.9 cm³/mol. The van der Waals surface area contributed by atoms with Crippen molar-refractivity contribution >= 4 is 38.5 Å². The molecular weight excluding hydrogens is 312 g/mol. The number of methoxy groups -OCH3 is 1. The molecule has 1 aromatic rings. The second-order valence-corrected chi connectivity index (χ2v) is 6.05. The molecule has 1 aromatic carbocycles. The maximum Gasteiger partial charge on any atom is 0.161 e. The van der Waals surface area contributed by atoms with E-state index in [4.69, 9.17) is 4.74 Å². The van der Waals surface area contributed by atoms with Crippen LogP contribution in [-0.2, 0) is 0 Å². The molecule has 0 aromatic heterocycles. The van der Waals surface area contributed by atoms with E-state index in [1.807, 2.05) is 18.2 Å². The van der Waals surface area contributed by atoms with Gasteiger partial charge in [0.15, 0.2) is 5.17 Å². The summed E-state index contributed by atoms with van der Waals surface area (Å²) in [6, 6.07) is 6.44. The lowest BCUT2D eigenvalue weighted by atomic mass is 10.2. The Morgan fingerprint density at radius 1 is 1.56 bits per heavy atom. The van der Waals surface area contributed by atoms with Crippen LogP contribution in [0.15, 0.2) is 27.7 Å². The fraction of sp³-hybridized carbons (Fsp3) is 0.462. The molecule has 0 spiro atoms. The smallest absolute Gasteiger partial charge is 0.161 e. The molecule has 1 aliphatic heterocycles. The van der Waals surface area contributed by atoms with Crippen LogP contribution in [0, 0.1) is 0 Å². The van der Waals surface area contributed by atoms with Crippen molar-refractivity contribution in [3.63, 3.8) is 0 Å². The van der Waals surface area contributed by atoms with Gasteiger partial charge in [-0.3, -0.25) is 4.99 Å². The highest BCUT2D eigenvalue weighted by Crippen LogP contribution is 2.29. The molecular formula is C13H17BrN2OS. The van der Waals surface area contributed by atoms with Gasteiger partial charge in [0.1, 0.15) is 5.75 Å². The van der Waals surface area contributed by atoms with Crippen molar-refractivity contribution in [3.8, 4) is 5.75 Å². The number of hydrogen-bond donors (Lipinski definition) is 1. The van der Waals surface area contributed by atoms with Crippen molar-refractivity contribution in [1.82, 2.24) is 0 Å². The molecule has 1 heterocycles. The standard InChI is InChI=1S/C13H17BrN2OS/c1-3-9-6-7-18-13(15-9)16-10-4-5-11(14)12(8-10)17-2/h4-5,8-9H,3,6-7H2,1-2H3,(H,15,16). The number of ether oxygens (including phenoxy) is 1. The normalized spacial score (nSPS) is 19.3. The van der Waals surface area contributed by atoms with Crippen molar-refractivity contribution in [1.29, 1.82) is 0 Å². The number of hydrogen-bond acceptors (Lipinski definition) is 4. The van der Waals surface area contributed by atoms with E-state index in [1.54, 1.807) is 18.9 Å². The third-order valence-electron chi connectivity index (χ3n) is 2.86. The lowest BCUT2D eigenvalue weighted by Gasteiger charge is -2.19. The van der Waals surface area contributed by atoms with E-state index in [-0.39, 0.29) is 0 Å². The Labute approximate surface area is 121 Å². The van der Waals surface area contributed by atoms with Crippen molar-refractivity contribution in [3.05, 3.63) is 22.7 Å². The van der Waals surface area contributed by atoms with Crippen LogP contribution in [0.2, 0.25) is 0 Å². The highest BCUT2D eigenvalue weighted by atomic mass is 79.9. The SMILES string of the molecule is CCC1CCSC(Nc2ccc(Br)c(OC)c2)=N1. The number of thioether (sulfide) groups is 1. The number of halogens is 1. The average molecular weight is 329 g/mol. The summed E-state index contributed by atoms with van der Waals surface area (Å²) in [7, 11) is 1.67. The molecule has 0 amide bonds. The van der Waals surface area contributed by atoms with Gasteiger partial charge in [0, 0.05) is 17.5 Å². The third kappa shape index (κ3) is 3.42. The Bertz CT molecular complexity index is 451. The van der Waals surface area contributed by atoms with Gasteiger partial charge in [0.05, 0.1) is 17.6 Å². The molecule has 2 rings (SSSR count). The molecule has 0 aliphatic carbocycles. The van der Waals surface area contributed by atoms with Gasteiger partial charge in [0.2, 0.25) is 0 Å². The van der Waals surface area contributed by atoms with Crippen LogP contribution in [0.3, 0.4) is 0 Å². The Hall–Kier alpha value is -0.680. The molecule has 1 atom stereocenters. The molecule has 18 heavy (non-hydrogen) atoms. The van der Waals surface area contributed by atoms with Crippen LogP contribution >= 0.6 is 27.7 Å². The summed E-state index contributed by atoms with van der Waals surface area (Å²) in [5.41, 5.74) is 1.01. The van der Waals surface area contributed by atoms with Gasteiger partial charge >= 0.3 is 0 Å². The number of aliphatic imine (C=N–C) groups is 1.